The monoisotopic (exact) mass is 619 g/mol. The molecule has 0 radical (unpaired) electrons. The van der Waals surface area contributed by atoms with Gasteiger partial charge >= 0.3 is 18.1 Å². The first-order valence-corrected chi connectivity index (χ1v) is 14.6. The van der Waals surface area contributed by atoms with Crippen LogP contribution in [-0.4, -0.2) is 43.6 Å². The first-order valence-electron chi connectivity index (χ1n) is 14.6. The van der Waals surface area contributed by atoms with Crippen molar-refractivity contribution in [2.75, 3.05) is 26.8 Å². The minimum Gasteiger partial charge on any atom is -0.494 e. The van der Waals surface area contributed by atoms with Gasteiger partial charge in [-0.1, -0.05) is 72.8 Å². The van der Waals surface area contributed by atoms with E-state index in [0.717, 1.165) is 17.2 Å². The topological polar surface area (TPSA) is 65.1 Å². The van der Waals surface area contributed by atoms with Gasteiger partial charge in [0.1, 0.15) is 11.9 Å². The van der Waals surface area contributed by atoms with Crippen LogP contribution in [0.4, 0.5) is 13.2 Å². The molecule has 4 aromatic carbocycles. The first-order chi connectivity index (χ1) is 21.6. The third-order valence-corrected chi connectivity index (χ3v) is 7.36. The lowest BCUT2D eigenvalue weighted by molar-refractivity contribution is -0.140. The van der Waals surface area contributed by atoms with Crippen molar-refractivity contribution in [2.24, 2.45) is 0 Å². The Hall–Kier alpha value is -4.63. The summed E-state index contributed by atoms with van der Waals surface area (Å²) in [5.41, 5.74) is 1.94. The lowest BCUT2D eigenvalue weighted by Crippen LogP contribution is -2.32. The van der Waals surface area contributed by atoms with Gasteiger partial charge in [0.2, 0.25) is 0 Å². The normalized spacial score (nSPS) is 12.0. The minimum atomic E-state index is -4.47. The van der Waals surface area contributed by atoms with Gasteiger partial charge in [-0.2, -0.15) is 13.2 Å². The van der Waals surface area contributed by atoms with E-state index in [0.29, 0.717) is 36.4 Å². The van der Waals surface area contributed by atoms with Crippen LogP contribution >= 0.6 is 0 Å². The maximum absolute atomic E-state index is 13.7. The molecule has 0 aliphatic carbocycles. The number of hydrogen-bond donors (Lipinski definition) is 0. The molecule has 0 N–H and O–H groups in total. The van der Waals surface area contributed by atoms with Crippen LogP contribution in [0.25, 0.3) is 0 Å². The Labute approximate surface area is 261 Å². The van der Waals surface area contributed by atoms with Crippen LogP contribution in [0.3, 0.4) is 0 Å². The number of nitrogens with zero attached hydrogens (tertiary/aromatic N) is 1. The van der Waals surface area contributed by atoms with E-state index in [4.69, 9.17) is 14.2 Å². The fourth-order valence-corrected chi connectivity index (χ4v) is 4.98. The van der Waals surface area contributed by atoms with Crippen molar-refractivity contribution in [3.05, 3.63) is 137 Å². The first kappa shape index (κ1) is 33.3. The summed E-state index contributed by atoms with van der Waals surface area (Å²) in [6.45, 7) is 2.69. The van der Waals surface area contributed by atoms with Gasteiger partial charge in [0, 0.05) is 19.6 Å². The van der Waals surface area contributed by atoms with E-state index in [-0.39, 0.29) is 31.0 Å². The van der Waals surface area contributed by atoms with Gasteiger partial charge in [-0.05, 0) is 65.9 Å². The molecule has 0 saturated heterocycles. The molecular weight excluding hydrogens is 583 g/mol. The molecule has 0 saturated carbocycles. The zero-order valence-corrected chi connectivity index (χ0v) is 25.3. The SMILES string of the molecule is COC(=O)Cc1cccc(OCCCN(Cc2cccc(C(F)(F)F)c2C)CC(OC(=O)c2ccccc2)c2ccccc2)c1. The summed E-state index contributed by atoms with van der Waals surface area (Å²) >= 11 is 0. The summed E-state index contributed by atoms with van der Waals surface area (Å²) in [6.07, 6.45) is -4.49. The molecule has 1 atom stereocenters. The van der Waals surface area contributed by atoms with Crippen LogP contribution in [0.2, 0.25) is 0 Å². The van der Waals surface area contributed by atoms with Gasteiger partial charge in [-0.15, -0.1) is 0 Å². The van der Waals surface area contributed by atoms with E-state index in [9.17, 15) is 22.8 Å². The highest BCUT2D eigenvalue weighted by molar-refractivity contribution is 5.89. The zero-order chi connectivity index (χ0) is 32.2. The van der Waals surface area contributed by atoms with Gasteiger partial charge in [0.25, 0.3) is 0 Å². The summed E-state index contributed by atoms with van der Waals surface area (Å²) in [5, 5.41) is 0. The highest BCUT2D eigenvalue weighted by Gasteiger charge is 2.33. The fraction of sp³-hybridized carbons (Fsp3) is 0.278. The number of carbonyl (C=O) groups excluding carboxylic acids is 2. The molecule has 45 heavy (non-hydrogen) atoms. The number of benzene rings is 4. The number of hydrogen-bond acceptors (Lipinski definition) is 6. The standard InChI is InChI=1S/C36H36F3NO5/c1-26-30(17-10-19-32(26)36(37,38)39)24-40(20-11-21-44-31-18-9-12-27(22-31)23-34(41)43-2)25-33(28-13-5-3-6-14-28)45-35(42)29-15-7-4-8-16-29/h3-10,12-19,22,33H,11,20-21,23-25H2,1-2H3. The quantitative estimate of drug-likeness (QED) is 0.107. The van der Waals surface area contributed by atoms with Crippen molar-refractivity contribution < 1.29 is 37.0 Å². The van der Waals surface area contributed by atoms with Gasteiger partial charge in [-0.25, -0.2) is 4.79 Å². The largest absolute Gasteiger partial charge is 0.494 e. The van der Waals surface area contributed by atoms with Crippen LogP contribution in [0, 0.1) is 6.92 Å². The Kier molecular flexibility index (Phi) is 11.8. The summed E-state index contributed by atoms with van der Waals surface area (Å²) in [5.74, 6) is -0.251. The molecule has 1 unspecified atom stereocenters. The molecule has 9 heteroatoms. The Balaban J connectivity index is 1.53. The highest BCUT2D eigenvalue weighted by Crippen LogP contribution is 2.33. The second kappa shape index (κ2) is 15.9. The molecule has 4 rings (SSSR count). The molecule has 0 spiro atoms. The number of ether oxygens (including phenoxy) is 3. The number of carbonyl (C=O) groups is 2. The summed E-state index contributed by atoms with van der Waals surface area (Å²) in [7, 11) is 1.33. The molecule has 236 valence electrons. The number of esters is 2. The van der Waals surface area contributed by atoms with E-state index in [1.807, 2.05) is 47.4 Å². The Morgan fingerprint density at radius 2 is 1.56 bits per heavy atom. The molecule has 0 aromatic heterocycles. The molecule has 4 aromatic rings. The molecule has 0 heterocycles. The Bertz CT molecular complexity index is 1540. The fourth-order valence-electron chi connectivity index (χ4n) is 4.98. The van der Waals surface area contributed by atoms with Crippen LogP contribution in [-0.2, 0) is 33.4 Å². The van der Waals surface area contributed by atoms with E-state index in [2.05, 4.69) is 0 Å². The van der Waals surface area contributed by atoms with Crippen molar-refractivity contribution in [2.45, 2.75) is 38.6 Å². The number of methoxy groups -OCH3 is 1. The average Bonchev–Trinajstić information content (AvgIpc) is 3.04. The minimum absolute atomic E-state index is 0.125. The van der Waals surface area contributed by atoms with Crippen molar-refractivity contribution in [3.63, 3.8) is 0 Å². The maximum atomic E-state index is 13.7. The van der Waals surface area contributed by atoms with Crippen molar-refractivity contribution in [1.29, 1.82) is 0 Å². The van der Waals surface area contributed by atoms with Gasteiger partial charge in [0.05, 0.1) is 31.3 Å². The van der Waals surface area contributed by atoms with E-state index in [1.165, 1.54) is 20.1 Å². The number of alkyl halides is 3. The molecule has 0 fully saturated rings. The second-order valence-electron chi connectivity index (χ2n) is 10.6. The predicted molar refractivity (Wildman–Crippen MR) is 165 cm³/mol. The van der Waals surface area contributed by atoms with Crippen molar-refractivity contribution >= 4 is 11.9 Å². The van der Waals surface area contributed by atoms with Crippen molar-refractivity contribution in [1.82, 2.24) is 4.90 Å². The second-order valence-corrected chi connectivity index (χ2v) is 10.6. The summed E-state index contributed by atoms with van der Waals surface area (Å²) in [6, 6.07) is 29.3. The van der Waals surface area contributed by atoms with Crippen molar-refractivity contribution in [3.8, 4) is 5.75 Å². The molecular formula is C36H36F3NO5. The molecule has 6 nitrogen and oxygen atoms in total. The number of halogens is 3. The Morgan fingerprint density at radius 1 is 0.867 bits per heavy atom. The van der Waals surface area contributed by atoms with E-state index in [1.54, 1.807) is 48.5 Å². The predicted octanol–water partition coefficient (Wildman–Crippen LogP) is 7.60. The third-order valence-electron chi connectivity index (χ3n) is 7.36. The van der Waals surface area contributed by atoms with Gasteiger partial charge in [0.15, 0.2) is 0 Å². The van der Waals surface area contributed by atoms with Gasteiger partial charge < -0.3 is 14.2 Å². The zero-order valence-electron chi connectivity index (χ0n) is 25.3. The van der Waals surface area contributed by atoms with Crippen LogP contribution in [0.15, 0.2) is 103 Å². The average molecular weight is 620 g/mol. The summed E-state index contributed by atoms with van der Waals surface area (Å²) in [4.78, 5) is 26.7. The lowest BCUT2D eigenvalue weighted by Gasteiger charge is -2.29. The molecule has 0 amide bonds. The molecule has 0 bridgehead atoms. The van der Waals surface area contributed by atoms with Gasteiger partial charge in [-0.3, -0.25) is 9.69 Å². The van der Waals surface area contributed by atoms with Crippen LogP contribution < -0.4 is 4.74 Å². The number of rotatable bonds is 14. The van der Waals surface area contributed by atoms with Crippen LogP contribution in [0.5, 0.6) is 5.75 Å². The smallest absolute Gasteiger partial charge is 0.416 e. The van der Waals surface area contributed by atoms with E-state index < -0.39 is 23.8 Å². The lowest BCUT2D eigenvalue weighted by atomic mass is 10.0. The summed E-state index contributed by atoms with van der Waals surface area (Å²) < 4.78 is 57.8. The Morgan fingerprint density at radius 3 is 2.24 bits per heavy atom. The van der Waals surface area contributed by atoms with Crippen LogP contribution in [0.1, 0.15) is 50.7 Å². The molecule has 0 aliphatic heterocycles. The molecule has 0 aliphatic rings. The van der Waals surface area contributed by atoms with E-state index >= 15 is 0 Å². The third kappa shape index (κ3) is 9.94. The maximum Gasteiger partial charge on any atom is 0.416 e. The highest BCUT2D eigenvalue weighted by atomic mass is 19.4.